The largest absolute Gasteiger partial charge is 0.478 e. The number of ether oxygens (including phenoxy) is 1. The van der Waals surface area contributed by atoms with E-state index in [4.69, 9.17) is 4.74 Å². The molecular weight excluding hydrogens is 397 g/mol. The molecule has 0 bridgehead atoms. The molecule has 150 valence electrons. The minimum absolute atomic E-state index is 0.0260. The molecule has 0 saturated heterocycles. The topological polar surface area (TPSA) is 75.7 Å². The summed E-state index contributed by atoms with van der Waals surface area (Å²) in [5.41, 5.74) is -1.09. The Bertz CT molecular complexity index is 992. The Balaban J connectivity index is 1.88. The number of alkyl halides is 3. The second kappa shape index (κ2) is 7.34. The van der Waals surface area contributed by atoms with Crippen molar-refractivity contribution in [2.75, 3.05) is 22.4 Å². The molecule has 10 heteroatoms. The Morgan fingerprint density at radius 3 is 2.46 bits per heavy atom. The van der Waals surface area contributed by atoms with E-state index in [0.717, 1.165) is 22.7 Å². The summed E-state index contributed by atoms with van der Waals surface area (Å²) >= 11 is 0. The Hall–Kier alpha value is -2.75. The van der Waals surface area contributed by atoms with E-state index in [9.17, 15) is 26.4 Å². The van der Waals surface area contributed by atoms with E-state index in [1.807, 2.05) is 0 Å². The van der Waals surface area contributed by atoms with Gasteiger partial charge in [0.05, 0.1) is 23.2 Å². The third kappa shape index (κ3) is 4.22. The zero-order valence-corrected chi connectivity index (χ0v) is 15.5. The van der Waals surface area contributed by atoms with Crippen molar-refractivity contribution in [1.29, 1.82) is 0 Å². The van der Waals surface area contributed by atoms with Gasteiger partial charge in [0.25, 0.3) is 5.91 Å². The first-order chi connectivity index (χ1) is 13.1. The molecule has 1 aliphatic rings. The highest BCUT2D eigenvalue weighted by Crippen LogP contribution is 2.36. The van der Waals surface area contributed by atoms with E-state index >= 15 is 0 Å². The summed E-state index contributed by atoms with van der Waals surface area (Å²) in [5.74, 6) is -0.628. The van der Waals surface area contributed by atoms with Crippen LogP contribution >= 0.6 is 0 Å². The SMILES string of the molecule is CS(=O)(=O)N1CC[C@@H](C(=O)Nc2ccccc2C(F)(F)F)Oc2ccccc21. The van der Waals surface area contributed by atoms with Gasteiger partial charge in [-0.15, -0.1) is 0 Å². The van der Waals surface area contributed by atoms with Gasteiger partial charge in [0.15, 0.2) is 6.10 Å². The van der Waals surface area contributed by atoms with Crippen LogP contribution in [-0.2, 0) is 21.0 Å². The molecule has 0 radical (unpaired) electrons. The van der Waals surface area contributed by atoms with Crippen LogP contribution in [0.3, 0.4) is 0 Å². The van der Waals surface area contributed by atoms with Gasteiger partial charge in [-0.3, -0.25) is 9.10 Å². The van der Waals surface area contributed by atoms with Crippen molar-refractivity contribution in [3.8, 4) is 5.75 Å². The minimum Gasteiger partial charge on any atom is -0.478 e. The van der Waals surface area contributed by atoms with Crippen LogP contribution in [-0.4, -0.2) is 33.2 Å². The monoisotopic (exact) mass is 414 g/mol. The molecule has 1 N–H and O–H groups in total. The molecule has 0 saturated carbocycles. The number of rotatable bonds is 3. The average molecular weight is 414 g/mol. The molecule has 0 spiro atoms. The number of anilines is 2. The molecule has 1 heterocycles. The van der Waals surface area contributed by atoms with Crippen molar-refractivity contribution in [3.05, 3.63) is 54.1 Å². The first-order valence-corrected chi connectivity index (χ1v) is 10.1. The summed E-state index contributed by atoms with van der Waals surface area (Å²) in [6.07, 6.45) is -4.78. The first kappa shape index (κ1) is 20.0. The lowest BCUT2D eigenvalue weighted by atomic mass is 10.1. The lowest BCUT2D eigenvalue weighted by Gasteiger charge is -2.20. The molecule has 0 aliphatic carbocycles. The summed E-state index contributed by atoms with van der Waals surface area (Å²) in [6, 6.07) is 10.9. The average Bonchev–Trinajstić information content (AvgIpc) is 2.80. The highest BCUT2D eigenvalue weighted by Gasteiger charge is 2.35. The van der Waals surface area contributed by atoms with Gasteiger partial charge < -0.3 is 10.1 Å². The van der Waals surface area contributed by atoms with Crippen LogP contribution in [0.4, 0.5) is 24.5 Å². The van der Waals surface area contributed by atoms with Gasteiger partial charge in [-0.05, 0) is 24.3 Å². The molecule has 0 fully saturated rings. The normalized spacial score (nSPS) is 17.3. The molecule has 28 heavy (non-hydrogen) atoms. The van der Waals surface area contributed by atoms with E-state index in [2.05, 4.69) is 5.32 Å². The van der Waals surface area contributed by atoms with Gasteiger partial charge >= 0.3 is 6.18 Å². The molecule has 6 nitrogen and oxygen atoms in total. The molecule has 1 atom stereocenters. The summed E-state index contributed by atoms with van der Waals surface area (Å²) in [5, 5.41) is 2.25. The van der Waals surface area contributed by atoms with E-state index in [0.29, 0.717) is 0 Å². The number of benzene rings is 2. The van der Waals surface area contributed by atoms with Crippen LogP contribution in [0.25, 0.3) is 0 Å². The number of para-hydroxylation sites is 3. The number of sulfonamides is 1. The van der Waals surface area contributed by atoms with Gasteiger partial charge in [-0.1, -0.05) is 24.3 Å². The minimum atomic E-state index is -4.63. The highest BCUT2D eigenvalue weighted by atomic mass is 32.2. The second-order valence-corrected chi connectivity index (χ2v) is 8.14. The van der Waals surface area contributed by atoms with Crippen LogP contribution in [0.5, 0.6) is 5.75 Å². The molecule has 1 amide bonds. The zero-order chi connectivity index (χ0) is 20.5. The van der Waals surface area contributed by atoms with Crippen LogP contribution in [0.1, 0.15) is 12.0 Å². The van der Waals surface area contributed by atoms with Crippen molar-refractivity contribution < 1.29 is 31.1 Å². The molecular formula is C18H17F3N2O4S. The third-order valence-corrected chi connectivity index (χ3v) is 5.36. The van der Waals surface area contributed by atoms with E-state index in [1.165, 1.54) is 24.3 Å². The number of nitrogens with zero attached hydrogens (tertiary/aromatic N) is 1. The molecule has 3 rings (SSSR count). The molecule has 2 aromatic carbocycles. The number of amides is 1. The molecule has 0 aromatic heterocycles. The Morgan fingerprint density at radius 1 is 1.14 bits per heavy atom. The predicted molar refractivity (Wildman–Crippen MR) is 97.7 cm³/mol. The van der Waals surface area contributed by atoms with Gasteiger partial charge in [0, 0.05) is 13.0 Å². The van der Waals surface area contributed by atoms with Crippen LogP contribution in [0, 0.1) is 0 Å². The maximum atomic E-state index is 13.1. The number of carbonyl (C=O) groups excluding carboxylic acids is 1. The number of hydrogen-bond donors (Lipinski definition) is 1. The number of halogens is 3. The van der Waals surface area contributed by atoms with Gasteiger partial charge in [-0.2, -0.15) is 13.2 Å². The van der Waals surface area contributed by atoms with Gasteiger partial charge in [-0.25, -0.2) is 8.42 Å². The fourth-order valence-corrected chi connectivity index (χ4v) is 3.86. The van der Waals surface area contributed by atoms with Crippen LogP contribution in [0.2, 0.25) is 0 Å². The summed E-state index contributed by atoms with van der Waals surface area (Å²) in [6.45, 7) is -0.0468. The van der Waals surface area contributed by atoms with Crippen molar-refractivity contribution in [2.45, 2.75) is 18.7 Å². The third-order valence-electron chi connectivity index (χ3n) is 4.18. The van der Waals surface area contributed by atoms with Crippen molar-refractivity contribution in [3.63, 3.8) is 0 Å². The summed E-state index contributed by atoms with van der Waals surface area (Å²) in [4.78, 5) is 12.6. The number of hydrogen-bond acceptors (Lipinski definition) is 4. The molecule has 0 unspecified atom stereocenters. The van der Waals surface area contributed by atoms with Crippen molar-refractivity contribution in [1.82, 2.24) is 0 Å². The van der Waals surface area contributed by atoms with E-state index < -0.39 is 33.8 Å². The lowest BCUT2D eigenvalue weighted by Crippen LogP contribution is -2.36. The number of nitrogens with one attached hydrogen (secondary N) is 1. The van der Waals surface area contributed by atoms with E-state index in [1.54, 1.807) is 12.1 Å². The quantitative estimate of drug-likeness (QED) is 0.837. The fourth-order valence-electron chi connectivity index (χ4n) is 2.91. The second-order valence-electron chi connectivity index (χ2n) is 6.23. The first-order valence-electron chi connectivity index (χ1n) is 8.28. The highest BCUT2D eigenvalue weighted by molar-refractivity contribution is 7.92. The Labute approximate surface area is 160 Å². The predicted octanol–water partition coefficient (Wildman–Crippen LogP) is 3.26. The fraction of sp³-hybridized carbons (Fsp3) is 0.278. The van der Waals surface area contributed by atoms with Crippen LogP contribution < -0.4 is 14.4 Å². The van der Waals surface area contributed by atoms with E-state index in [-0.39, 0.29) is 30.1 Å². The lowest BCUT2D eigenvalue weighted by molar-refractivity contribution is -0.137. The van der Waals surface area contributed by atoms with Gasteiger partial charge in [0.1, 0.15) is 5.75 Å². The number of carbonyl (C=O) groups is 1. The Morgan fingerprint density at radius 2 is 1.79 bits per heavy atom. The molecule has 1 aliphatic heterocycles. The summed E-state index contributed by atoms with van der Waals surface area (Å²) in [7, 11) is -3.62. The summed E-state index contributed by atoms with van der Waals surface area (Å²) < 4.78 is 70.3. The van der Waals surface area contributed by atoms with Crippen LogP contribution in [0.15, 0.2) is 48.5 Å². The van der Waals surface area contributed by atoms with Crippen molar-refractivity contribution >= 4 is 27.3 Å². The molecule has 2 aromatic rings. The van der Waals surface area contributed by atoms with Crippen molar-refractivity contribution in [2.24, 2.45) is 0 Å². The maximum absolute atomic E-state index is 13.1. The Kier molecular flexibility index (Phi) is 5.24. The smallest absolute Gasteiger partial charge is 0.418 e. The zero-order valence-electron chi connectivity index (χ0n) is 14.7. The maximum Gasteiger partial charge on any atom is 0.418 e. The number of fused-ring (bicyclic) bond motifs is 1. The standard InChI is InChI=1S/C18H17F3N2O4S/c1-28(25,26)23-11-10-16(27-15-9-5-4-8-14(15)23)17(24)22-13-7-3-2-6-12(13)18(19,20)21/h2-9,16H,10-11H2,1H3,(H,22,24)/t16-/m0/s1. The van der Waals surface area contributed by atoms with Gasteiger partial charge in [0.2, 0.25) is 10.0 Å².